The molecule has 0 aromatic rings. The number of aliphatic carboxylic acids is 1. The van der Waals surface area contributed by atoms with Crippen molar-refractivity contribution >= 4 is 12.0 Å². The maximum Gasteiger partial charge on any atom is 0.317 e. The Morgan fingerprint density at radius 2 is 1.90 bits per heavy atom. The van der Waals surface area contributed by atoms with E-state index in [0.717, 1.165) is 25.9 Å². The van der Waals surface area contributed by atoms with Gasteiger partial charge in [0.2, 0.25) is 0 Å². The molecule has 2 saturated heterocycles. The van der Waals surface area contributed by atoms with Crippen molar-refractivity contribution in [2.24, 2.45) is 0 Å². The summed E-state index contributed by atoms with van der Waals surface area (Å²) in [5.41, 5.74) is 0. The molecule has 7 heteroatoms. The van der Waals surface area contributed by atoms with Crippen molar-refractivity contribution in [3.05, 3.63) is 0 Å². The van der Waals surface area contributed by atoms with Crippen LogP contribution in [0.5, 0.6) is 0 Å². The Hall–Kier alpha value is -1.34. The summed E-state index contributed by atoms with van der Waals surface area (Å²) in [4.78, 5) is 28.7. The fourth-order valence-corrected chi connectivity index (χ4v) is 2.85. The molecule has 2 aliphatic rings. The Morgan fingerprint density at radius 3 is 2.50 bits per heavy atom. The Bertz CT molecular complexity index is 356. The summed E-state index contributed by atoms with van der Waals surface area (Å²) < 4.78 is 0. The number of rotatable bonds is 3. The number of carbonyl (C=O) groups excluding carboxylic acids is 1. The number of piperazine rings is 1. The van der Waals surface area contributed by atoms with E-state index in [1.54, 1.807) is 4.90 Å². The van der Waals surface area contributed by atoms with Crippen molar-refractivity contribution in [1.82, 2.24) is 20.0 Å². The Balaban J connectivity index is 1.73. The van der Waals surface area contributed by atoms with E-state index in [-0.39, 0.29) is 18.6 Å². The number of carboxylic acids is 1. The lowest BCUT2D eigenvalue weighted by molar-refractivity contribution is -0.138. The number of hydrogen-bond acceptors (Lipinski definition) is 4. The monoisotopic (exact) mass is 284 g/mol. The van der Waals surface area contributed by atoms with Gasteiger partial charge in [0.05, 0.1) is 6.54 Å². The van der Waals surface area contributed by atoms with Gasteiger partial charge in [-0.25, -0.2) is 4.79 Å². The van der Waals surface area contributed by atoms with Crippen molar-refractivity contribution in [3.8, 4) is 0 Å². The van der Waals surface area contributed by atoms with Gasteiger partial charge in [-0.1, -0.05) is 0 Å². The maximum absolute atomic E-state index is 12.2. The number of likely N-dealkylation sites (tertiary alicyclic amines) is 1. The molecule has 2 N–H and O–H groups in total. The number of urea groups is 1. The van der Waals surface area contributed by atoms with Crippen molar-refractivity contribution in [2.45, 2.75) is 18.9 Å². The first-order valence-corrected chi connectivity index (χ1v) is 7.22. The van der Waals surface area contributed by atoms with E-state index in [4.69, 9.17) is 5.11 Å². The summed E-state index contributed by atoms with van der Waals surface area (Å²) in [5, 5.41) is 11.8. The van der Waals surface area contributed by atoms with E-state index >= 15 is 0 Å². The lowest BCUT2D eigenvalue weighted by atomic mass is 10.1. The van der Waals surface area contributed by atoms with Crippen LogP contribution in [-0.2, 0) is 4.79 Å². The Morgan fingerprint density at radius 1 is 1.20 bits per heavy atom. The van der Waals surface area contributed by atoms with Crippen LogP contribution in [0.4, 0.5) is 4.79 Å². The quantitative estimate of drug-likeness (QED) is 0.730. The number of likely N-dealkylation sites (N-methyl/N-ethyl adjacent to an activating group) is 1. The van der Waals surface area contributed by atoms with Crippen LogP contribution in [-0.4, -0.2) is 90.7 Å². The van der Waals surface area contributed by atoms with E-state index in [9.17, 15) is 9.59 Å². The Kier molecular flexibility index (Phi) is 5.19. The molecule has 114 valence electrons. The van der Waals surface area contributed by atoms with Gasteiger partial charge in [-0.3, -0.25) is 9.69 Å². The minimum absolute atomic E-state index is 0.0136. The minimum atomic E-state index is -0.812. The summed E-state index contributed by atoms with van der Waals surface area (Å²) in [5.74, 6) is -0.812. The smallest absolute Gasteiger partial charge is 0.317 e. The fourth-order valence-electron chi connectivity index (χ4n) is 2.85. The average Bonchev–Trinajstić information content (AvgIpc) is 2.38. The topological polar surface area (TPSA) is 76.1 Å². The largest absolute Gasteiger partial charge is 0.480 e. The number of nitrogens with one attached hydrogen (secondary N) is 1. The van der Waals surface area contributed by atoms with Gasteiger partial charge in [0.25, 0.3) is 0 Å². The van der Waals surface area contributed by atoms with Crippen LogP contribution in [0.25, 0.3) is 0 Å². The van der Waals surface area contributed by atoms with Crippen LogP contribution in [0.2, 0.25) is 0 Å². The predicted molar refractivity (Wildman–Crippen MR) is 74.7 cm³/mol. The molecule has 0 saturated carbocycles. The molecule has 20 heavy (non-hydrogen) atoms. The van der Waals surface area contributed by atoms with Gasteiger partial charge >= 0.3 is 12.0 Å². The second-order valence-electron chi connectivity index (χ2n) is 5.71. The fraction of sp³-hybridized carbons (Fsp3) is 0.846. The van der Waals surface area contributed by atoms with E-state index in [1.165, 1.54) is 0 Å². The van der Waals surface area contributed by atoms with Crippen molar-refractivity contribution in [3.63, 3.8) is 0 Å². The summed E-state index contributed by atoms with van der Waals surface area (Å²) in [6, 6.07) is 0.221. The molecule has 2 fully saturated rings. The van der Waals surface area contributed by atoms with Gasteiger partial charge in [0.15, 0.2) is 0 Å². The minimum Gasteiger partial charge on any atom is -0.480 e. The van der Waals surface area contributed by atoms with Crippen LogP contribution in [0.1, 0.15) is 12.8 Å². The van der Waals surface area contributed by atoms with Gasteiger partial charge in [-0.15, -0.1) is 0 Å². The molecule has 2 heterocycles. The molecular weight excluding hydrogens is 260 g/mol. The van der Waals surface area contributed by atoms with Gasteiger partial charge in [-0.2, -0.15) is 0 Å². The molecular formula is C13H24N4O3. The third-order valence-corrected chi connectivity index (χ3v) is 3.97. The number of hydrogen-bond donors (Lipinski definition) is 2. The van der Waals surface area contributed by atoms with Crippen LogP contribution in [0, 0.1) is 0 Å². The van der Waals surface area contributed by atoms with E-state index < -0.39 is 5.97 Å². The third kappa shape index (κ3) is 4.35. The van der Waals surface area contributed by atoms with E-state index in [0.29, 0.717) is 26.2 Å². The van der Waals surface area contributed by atoms with Gasteiger partial charge in [0.1, 0.15) is 0 Å². The van der Waals surface area contributed by atoms with Crippen LogP contribution >= 0.6 is 0 Å². The molecule has 2 amide bonds. The molecule has 1 atom stereocenters. The lowest BCUT2D eigenvalue weighted by Crippen LogP contribution is -2.56. The molecule has 0 radical (unpaired) electrons. The first kappa shape index (κ1) is 15.1. The molecule has 0 aromatic heterocycles. The molecule has 0 bridgehead atoms. The second kappa shape index (κ2) is 6.90. The Labute approximate surface area is 119 Å². The first-order chi connectivity index (χ1) is 9.54. The van der Waals surface area contributed by atoms with Gasteiger partial charge in [-0.05, 0) is 26.4 Å². The maximum atomic E-state index is 12.2. The van der Waals surface area contributed by atoms with Gasteiger partial charge in [0, 0.05) is 38.8 Å². The molecule has 0 aromatic carbocycles. The normalized spacial score (nSPS) is 25.4. The molecule has 0 aliphatic carbocycles. The zero-order valence-corrected chi connectivity index (χ0v) is 12.0. The highest BCUT2D eigenvalue weighted by Crippen LogP contribution is 2.09. The number of nitrogens with zero attached hydrogens (tertiary/aromatic N) is 3. The van der Waals surface area contributed by atoms with Crippen LogP contribution < -0.4 is 5.32 Å². The molecule has 2 rings (SSSR count). The number of piperidine rings is 1. The van der Waals surface area contributed by atoms with Crippen LogP contribution in [0.15, 0.2) is 0 Å². The predicted octanol–water partition coefficient (Wildman–Crippen LogP) is -0.508. The molecule has 7 nitrogen and oxygen atoms in total. The van der Waals surface area contributed by atoms with Gasteiger partial charge < -0.3 is 20.2 Å². The number of carboxylic acid groups (broad SMARTS) is 1. The summed E-state index contributed by atoms with van der Waals surface area (Å²) in [6.45, 7) is 4.52. The van der Waals surface area contributed by atoms with Crippen LogP contribution in [0.3, 0.4) is 0 Å². The summed E-state index contributed by atoms with van der Waals surface area (Å²) in [7, 11) is 2.07. The lowest BCUT2D eigenvalue weighted by Gasteiger charge is -2.36. The molecule has 2 aliphatic heterocycles. The summed E-state index contributed by atoms with van der Waals surface area (Å²) >= 11 is 0. The van der Waals surface area contributed by atoms with E-state index in [1.807, 2.05) is 4.90 Å². The average molecular weight is 284 g/mol. The zero-order valence-electron chi connectivity index (χ0n) is 12.0. The first-order valence-electron chi connectivity index (χ1n) is 7.22. The van der Waals surface area contributed by atoms with E-state index in [2.05, 4.69) is 17.3 Å². The number of amides is 2. The highest BCUT2D eigenvalue weighted by Gasteiger charge is 2.25. The number of carbonyl (C=O) groups is 2. The third-order valence-electron chi connectivity index (χ3n) is 3.97. The highest BCUT2D eigenvalue weighted by atomic mass is 16.4. The molecule has 1 unspecified atom stereocenters. The SMILES string of the molecule is CN1CCCC(NC(=O)N2CCN(CC(=O)O)CC2)C1. The van der Waals surface area contributed by atoms with Crippen molar-refractivity contribution < 1.29 is 14.7 Å². The zero-order chi connectivity index (χ0) is 14.5. The molecule has 0 spiro atoms. The standard InChI is InChI=1S/C13H24N4O3/c1-15-4-2-3-11(9-15)14-13(20)17-7-5-16(6-8-17)10-12(18)19/h11H,2-10H2,1H3,(H,14,20)(H,18,19). The summed E-state index contributed by atoms with van der Waals surface area (Å²) in [6.07, 6.45) is 2.16. The second-order valence-corrected chi connectivity index (χ2v) is 5.71. The van der Waals surface area contributed by atoms with Crippen molar-refractivity contribution in [2.75, 3.05) is 52.9 Å². The van der Waals surface area contributed by atoms with Crippen molar-refractivity contribution in [1.29, 1.82) is 0 Å². The highest BCUT2D eigenvalue weighted by molar-refractivity contribution is 5.74.